The van der Waals surface area contributed by atoms with E-state index in [4.69, 9.17) is 0 Å². The minimum atomic E-state index is 0.940. The van der Waals surface area contributed by atoms with E-state index in [1.165, 1.54) is 12.8 Å². The highest BCUT2D eigenvalue weighted by Gasteiger charge is 2.16. The highest BCUT2D eigenvalue weighted by atomic mass is 32.2. The van der Waals surface area contributed by atoms with Gasteiger partial charge in [-0.05, 0) is 12.8 Å². The van der Waals surface area contributed by atoms with Crippen LogP contribution >= 0.6 is 11.8 Å². The predicted molar refractivity (Wildman–Crippen MR) is 35.7 cm³/mol. The van der Waals surface area contributed by atoms with E-state index in [0.29, 0.717) is 0 Å². The van der Waals surface area contributed by atoms with Gasteiger partial charge in [0.25, 0.3) is 0 Å². The monoisotopic (exact) mass is 116 g/mol. The smallest absolute Gasteiger partial charge is 0.00217 e. The molecule has 1 saturated heterocycles. The molecule has 0 aromatic rings. The van der Waals surface area contributed by atoms with Gasteiger partial charge in [-0.2, -0.15) is 11.8 Å². The van der Waals surface area contributed by atoms with Gasteiger partial charge < -0.3 is 0 Å². The van der Waals surface area contributed by atoms with Crippen molar-refractivity contribution in [1.29, 1.82) is 0 Å². The molecule has 0 amide bonds. The SMILES string of the molecule is CC1CCC(C)S1. The fraction of sp³-hybridized carbons (Fsp3) is 1.00. The first-order valence-corrected chi connectivity index (χ1v) is 3.89. The fourth-order valence-electron chi connectivity index (χ4n) is 1.00. The van der Waals surface area contributed by atoms with Crippen molar-refractivity contribution in [3.8, 4) is 0 Å². The third kappa shape index (κ3) is 1.37. The maximum atomic E-state index is 2.31. The van der Waals surface area contributed by atoms with E-state index < -0.39 is 0 Å². The van der Waals surface area contributed by atoms with Crippen molar-refractivity contribution in [2.75, 3.05) is 0 Å². The quantitative estimate of drug-likeness (QED) is 0.468. The van der Waals surface area contributed by atoms with E-state index in [1.807, 2.05) is 0 Å². The number of thioether (sulfide) groups is 1. The van der Waals surface area contributed by atoms with E-state index in [1.54, 1.807) is 0 Å². The van der Waals surface area contributed by atoms with Crippen molar-refractivity contribution < 1.29 is 0 Å². The summed E-state index contributed by atoms with van der Waals surface area (Å²) in [5, 5.41) is 1.88. The molecule has 0 aromatic carbocycles. The van der Waals surface area contributed by atoms with Gasteiger partial charge in [-0.15, -0.1) is 0 Å². The molecule has 7 heavy (non-hydrogen) atoms. The van der Waals surface area contributed by atoms with Crippen LogP contribution in [0.15, 0.2) is 0 Å². The van der Waals surface area contributed by atoms with Gasteiger partial charge in [0.2, 0.25) is 0 Å². The molecule has 1 fully saturated rings. The first-order chi connectivity index (χ1) is 3.29. The molecule has 2 unspecified atom stereocenters. The third-order valence-electron chi connectivity index (χ3n) is 1.44. The van der Waals surface area contributed by atoms with E-state index in [0.717, 1.165) is 10.5 Å². The summed E-state index contributed by atoms with van der Waals surface area (Å²) in [6.45, 7) is 4.63. The average Bonchev–Trinajstić information content (AvgIpc) is 1.87. The first-order valence-electron chi connectivity index (χ1n) is 2.94. The molecule has 0 aromatic heterocycles. The van der Waals surface area contributed by atoms with Crippen LogP contribution in [0.2, 0.25) is 0 Å². The zero-order valence-corrected chi connectivity index (χ0v) is 5.79. The normalized spacial score (nSPS) is 42.0. The van der Waals surface area contributed by atoms with Crippen LogP contribution in [-0.4, -0.2) is 10.5 Å². The molecule has 1 aliphatic rings. The summed E-state index contributed by atoms with van der Waals surface area (Å²) in [7, 11) is 0. The van der Waals surface area contributed by atoms with Crippen LogP contribution in [0.3, 0.4) is 0 Å². The molecule has 1 aliphatic heterocycles. The van der Waals surface area contributed by atoms with Crippen LogP contribution in [-0.2, 0) is 0 Å². The summed E-state index contributed by atoms with van der Waals surface area (Å²) < 4.78 is 0. The van der Waals surface area contributed by atoms with Crippen molar-refractivity contribution >= 4 is 11.8 Å². The molecule has 1 heteroatoms. The van der Waals surface area contributed by atoms with Gasteiger partial charge in [-0.3, -0.25) is 0 Å². The van der Waals surface area contributed by atoms with E-state index in [9.17, 15) is 0 Å². The molecule has 2 atom stereocenters. The van der Waals surface area contributed by atoms with Gasteiger partial charge in [-0.25, -0.2) is 0 Å². The van der Waals surface area contributed by atoms with Gasteiger partial charge in [0.15, 0.2) is 0 Å². The maximum Gasteiger partial charge on any atom is 0.00217 e. The molecule has 0 N–H and O–H groups in total. The third-order valence-corrected chi connectivity index (χ3v) is 2.84. The van der Waals surface area contributed by atoms with Crippen molar-refractivity contribution in [3.63, 3.8) is 0 Å². The molecular formula is C6H12S. The van der Waals surface area contributed by atoms with E-state index >= 15 is 0 Å². The van der Waals surface area contributed by atoms with Crippen LogP contribution < -0.4 is 0 Å². The highest BCUT2D eigenvalue weighted by molar-refractivity contribution is 8.00. The zero-order valence-electron chi connectivity index (χ0n) is 4.98. The zero-order chi connectivity index (χ0) is 5.28. The lowest BCUT2D eigenvalue weighted by Crippen LogP contribution is -1.84. The molecule has 0 nitrogen and oxygen atoms in total. The summed E-state index contributed by atoms with van der Waals surface area (Å²) in [4.78, 5) is 0. The van der Waals surface area contributed by atoms with Crippen molar-refractivity contribution in [1.82, 2.24) is 0 Å². The lowest BCUT2D eigenvalue weighted by atomic mass is 10.2. The Hall–Kier alpha value is 0.350. The van der Waals surface area contributed by atoms with Crippen LogP contribution in [0, 0.1) is 0 Å². The Balaban J connectivity index is 2.26. The lowest BCUT2D eigenvalue weighted by Gasteiger charge is -1.97. The maximum absolute atomic E-state index is 2.31. The molecule has 0 saturated carbocycles. The highest BCUT2D eigenvalue weighted by Crippen LogP contribution is 2.32. The minimum absolute atomic E-state index is 0.940. The fourth-order valence-corrected chi connectivity index (χ4v) is 2.34. The molecule has 42 valence electrons. The Morgan fingerprint density at radius 1 is 1.14 bits per heavy atom. The summed E-state index contributed by atoms with van der Waals surface area (Å²) in [6.07, 6.45) is 2.87. The predicted octanol–water partition coefficient (Wildman–Crippen LogP) is 2.29. The van der Waals surface area contributed by atoms with Crippen LogP contribution in [0.5, 0.6) is 0 Å². The van der Waals surface area contributed by atoms with Gasteiger partial charge in [0.05, 0.1) is 0 Å². The van der Waals surface area contributed by atoms with Crippen molar-refractivity contribution in [2.24, 2.45) is 0 Å². The Morgan fingerprint density at radius 3 is 1.71 bits per heavy atom. The second-order valence-corrected chi connectivity index (χ2v) is 4.22. The summed E-state index contributed by atoms with van der Waals surface area (Å²) in [5.41, 5.74) is 0. The molecule has 0 radical (unpaired) electrons. The molecule has 1 heterocycles. The van der Waals surface area contributed by atoms with Gasteiger partial charge >= 0.3 is 0 Å². The molecule has 0 spiro atoms. The van der Waals surface area contributed by atoms with Gasteiger partial charge in [-0.1, -0.05) is 13.8 Å². The van der Waals surface area contributed by atoms with Crippen molar-refractivity contribution in [3.05, 3.63) is 0 Å². The Labute approximate surface area is 49.7 Å². The standard InChI is InChI=1S/C6H12S/c1-5-3-4-6(2)7-5/h5-6H,3-4H2,1-2H3. The summed E-state index contributed by atoms with van der Waals surface area (Å²) in [5.74, 6) is 0. The molecular weight excluding hydrogens is 104 g/mol. The number of hydrogen-bond acceptors (Lipinski definition) is 1. The lowest BCUT2D eigenvalue weighted by molar-refractivity contribution is 0.777. The topological polar surface area (TPSA) is 0 Å². The average molecular weight is 116 g/mol. The molecule has 0 aliphatic carbocycles. The van der Waals surface area contributed by atoms with Gasteiger partial charge in [0, 0.05) is 10.5 Å². The Morgan fingerprint density at radius 2 is 1.57 bits per heavy atom. The Kier molecular flexibility index (Phi) is 1.63. The second-order valence-electron chi connectivity index (χ2n) is 2.33. The minimum Gasteiger partial charge on any atom is -0.156 e. The molecule has 0 bridgehead atoms. The van der Waals surface area contributed by atoms with E-state index in [-0.39, 0.29) is 0 Å². The largest absolute Gasteiger partial charge is 0.156 e. The van der Waals surface area contributed by atoms with Gasteiger partial charge in [0.1, 0.15) is 0 Å². The first kappa shape index (κ1) is 5.49. The van der Waals surface area contributed by atoms with E-state index in [2.05, 4.69) is 25.6 Å². The van der Waals surface area contributed by atoms with Crippen molar-refractivity contribution in [2.45, 2.75) is 37.2 Å². The second kappa shape index (κ2) is 2.08. The van der Waals surface area contributed by atoms with Crippen LogP contribution in [0.25, 0.3) is 0 Å². The summed E-state index contributed by atoms with van der Waals surface area (Å²) in [6, 6.07) is 0. The molecule has 1 rings (SSSR count). The Bertz CT molecular complexity index is 53.2. The summed E-state index contributed by atoms with van der Waals surface area (Å²) >= 11 is 2.12. The van der Waals surface area contributed by atoms with Crippen LogP contribution in [0.1, 0.15) is 26.7 Å². The van der Waals surface area contributed by atoms with Crippen LogP contribution in [0.4, 0.5) is 0 Å². The number of hydrogen-bond donors (Lipinski definition) is 0. The number of rotatable bonds is 0.